The summed E-state index contributed by atoms with van der Waals surface area (Å²) in [6.07, 6.45) is 1.29. The number of amides is 1. The van der Waals surface area contributed by atoms with Crippen molar-refractivity contribution in [3.8, 4) is 28.9 Å². The number of furan rings is 1. The van der Waals surface area contributed by atoms with Crippen LogP contribution < -0.4 is 14.8 Å². The molecule has 1 heterocycles. The number of carbonyl (C=O) groups is 1. The summed E-state index contributed by atoms with van der Waals surface area (Å²) in [5.41, 5.74) is 0.576. The Kier molecular flexibility index (Phi) is 6.88. The minimum absolute atomic E-state index is 0.123. The van der Waals surface area contributed by atoms with Gasteiger partial charge in [0.05, 0.1) is 24.2 Å². The molecule has 0 aliphatic heterocycles. The minimum atomic E-state index is -0.609. The van der Waals surface area contributed by atoms with Crippen LogP contribution in [0.5, 0.6) is 11.5 Å². The fourth-order valence-electron chi connectivity index (χ4n) is 2.87. The molecule has 162 valence electrons. The van der Waals surface area contributed by atoms with E-state index in [2.05, 4.69) is 5.32 Å². The van der Waals surface area contributed by atoms with Crippen molar-refractivity contribution in [2.24, 2.45) is 0 Å². The van der Waals surface area contributed by atoms with E-state index in [4.69, 9.17) is 13.9 Å². The van der Waals surface area contributed by atoms with Crippen LogP contribution in [0, 0.1) is 21.4 Å². The van der Waals surface area contributed by atoms with Gasteiger partial charge in [-0.15, -0.1) is 0 Å². The third-order valence-electron chi connectivity index (χ3n) is 4.36. The van der Waals surface area contributed by atoms with Gasteiger partial charge in [-0.05, 0) is 49.4 Å². The zero-order valence-electron chi connectivity index (χ0n) is 17.3. The molecule has 0 bridgehead atoms. The van der Waals surface area contributed by atoms with E-state index in [0.717, 1.165) is 0 Å². The molecule has 0 spiro atoms. The number of nitro groups is 1. The van der Waals surface area contributed by atoms with Crippen molar-refractivity contribution in [2.75, 3.05) is 19.0 Å². The Hall–Kier alpha value is -4.58. The van der Waals surface area contributed by atoms with Crippen molar-refractivity contribution in [1.82, 2.24) is 0 Å². The molecule has 0 unspecified atom stereocenters. The summed E-state index contributed by atoms with van der Waals surface area (Å²) < 4.78 is 16.3. The molecule has 0 saturated heterocycles. The number of nitro benzene ring substituents is 1. The van der Waals surface area contributed by atoms with Crippen LogP contribution in [-0.2, 0) is 4.79 Å². The number of nitriles is 1. The highest BCUT2D eigenvalue weighted by atomic mass is 16.6. The average molecular weight is 433 g/mol. The van der Waals surface area contributed by atoms with Gasteiger partial charge in [0.2, 0.25) is 0 Å². The fraction of sp³-hybridized carbons (Fsp3) is 0.130. The second-order valence-corrected chi connectivity index (χ2v) is 6.43. The van der Waals surface area contributed by atoms with Gasteiger partial charge in [-0.1, -0.05) is 0 Å². The van der Waals surface area contributed by atoms with Crippen LogP contribution in [0.4, 0.5) is 11.4 Å². The highest BCUT2D eigenvalue weighted by Gasteiger charge is 2.17. The predicted octanol–water partition coefficient (Wildman–Crippen LogP) is 4.81. The Morgan fingerprint density at radius 2 is 1.97 bits per heavy atom. The Morgan fingerprint density at radius 1 is 1.22 bits per heavy atom. The molecule has 1 N–H and O–H groups in total. The molecule has 1 aromatic heterocycles. The first-order valence-corrected chi connectivity index (χ1v) is 9.53. The van der Waals surface area contributed by atoms with E-state index >= 15 is 0 Å². The SMILES string of the molecule is CCOc1ccc(NC(=O)/C(C#N)=C\c2ccc(-c3cc([N+](=O)[O-])ccc3OC)o2)cc1. The van der Waals surface area contributed by atoms with E-state index in [-0.39, 0.29) is 17.0 Å². The maximum absolute atomic E-state index is 12.5. The Balaban J connectivity index is 1.82. The van der Waals surface area contributed by atoms with Gasteiger partial charge in [0.15, 0.2) is 0 Å². The summed E-state index contributed by atoms with van der Waals surface area (Å²) >= 11 is 0. The van der Waals surface area contributed by atoms with Gasteiger partial charge in [-0.2, -0.15) is 5.26 Å². The Morgan fingerprint density at radius 3 is 2.59 bits per heavy atom. The number of anilines is 1. The number of nitrogens with one attached hydrogen (secondary N) is 1. The first kappa shape index (κ1) is 22.1. The number of rotatable bonds is 8. The van der Waals surface area contributed by atoms with Crippen molar-refractivity contribution >= 4 is 23.4 Å². The van der Waals surface area contributed by atoms with Gasteiger partial charge in [0.1, 0.15) is 34.7 Å². The van der Waals surface area contributed by atoms with Crippen LogP contribution in [0.15, 0.2) is 64.6 Å². The predicted molar refractivity (Wildman–Crippen MR) is 117 cm³/mol. The molecule has 9 nitrogen and oxygen atoms in total. The lowest BCUT2D eigenvalue weighted by Gasteiger charge is -2.06. The molecule has 1 amide bonds. The largest absolute Gasteiger partial charge is 0.496 e. The van der Waals surface area contributed by atoms with E-state index in [1.165, 1.54) is 31.4 Å². The second kappa shape index (κ2) is 9.95. The van der Waals surface area contributed by atoms with E-state index in [0.29, 0.717) is 35.1 Å². The van der Waals surface area contributed by atoms with Crippen molar-refractivity contribution in [2.45, 2.75) is 6.92 Å². The monoisotopic (exact) mass is 433 g/mol. The Bertz CT molecular complexity index is 1210. The number of hydrogen-bond acceptors (Lipinski definition) is 7. The molecule has 0 aliphatic rings. The normalized spacial score (nSPS) is 10.8. The molecular weight excluding hydrogens is 414 g/mol. The third-order valence-corrected chi connectivity index (χ3v) is 4.36. The second-order valence-electron chi connectivity index (χ2n) is 6.43. The van der Waals surface area contributed by atoms with E-state index in [9.17, 15) is 20.2 Å². The van der Waals surface area contributed by atoms with Crippen LogP contribution in [0.2, 0.25) is 0 Å². The minimum Gasteiger partial charge on any atom is -0.496 e. The smallest absolute Gasteiger partial charge is 0.270 e. The average Bonchev–Trinajstić information content (AvgIpc) is 3.26. The van der Waals surface area contributed by atoms with Crippen LogP contribution >= 0.6 is 0 Å². The van der Waals surface area contributed by atoms with Crippen LogP contribution in [-0.4, -0.2) is 24.5 Å². The quantitative estimate of drug-likeness (QED) is 0.234. The molecule has 3 aromatic rings. The number of nitrogens with zero attached hydrogens (tertiary/aromatic N) is 2. The summed E-state index contributed by atoms with van der Waals surface area (Å²) in [4.78, 5) is 23.1. The summed E-state index contributed by atoms with van der Waals surface area (Å²) in [6.45, 7) is 2.40. The molecular formula is C23H19N3O6. The lowest BCUT2D eigenvalue weighted by molar-refractivity contribution is -0.384. The topological polar surface area (TPSA) is 128 Å². The lowest BCUT2D eigenvalue weighted by Crippen LogP contribution is -2.13. The van der Waals surface area contributed by atoms with Gasteiger partial charge >= 0.3 is 0 Å². The number of carbonyl (C=O) groups excluding carboxylic acids is 1. The molecule has 0 atom stereocenters. The molecule has 3 rings (SSSR count). The molecule has 0 saturated carbocycles. The van der Waals surface area contributed by atoms with Crippen LogP contribution in [0.1, 0.15) is 12.7 Å². The third kappa shape index (κ3) is 5.12. The summed E-state index contributed by atoms with van der Waals surface area (Å²) in [5.74, 6) is 0.964. The molecule has 32 heavy (non-hydrogen) atoms. The number of hydrogen-bond donors (Lipinski definition) is 1. The van der Waals surface area contributed by atoms with E-state index in [1.807, 2.05) is 13.0 Å². The molecule has 2 aromatic carbocycles. The number of non-ortho nitro benzene ring substituents is 1. The summed E-state index contributed by atoms with van der Waals surface area (Å²) in [5, 5.41) is 23.1. The number of ether oxygens (including phenoxy) is 2. The molecule has 9 heteroatoms. The lowest BCUT2D eigenvalue weighted by atomic mass is 10.1. The van der Waals surface area contributed by atoms with Gasteiger partial charge < -0.3 is 19.2 Å². The molecule has 0 aliphatic carbocycles. The van der Waals surface area contributed by atoms with Crippen LogP contribution in [0.3, 0.4) is 0 Å². The van der Waals surface area contributed by atoms with E-state index in [1.54, 1.807) is 36.4 Å². The molecule has 0 radical (unpaired) electrons. The maximum atomic E-state index is 12.5. The summed E-state index contributed by atoms with van der Waals surface area (Å²) in [7, 11) is 1.44. The van der Waals surface area contributed by atoms with E-state index < -0.39 is 10.8 Å². The van der Waals surface area contributed by atoms with Gasteiger partial charge in [-0.3, -0.25) is 14.9 Å². The highest BCUT2D eigenvalue weighted by molar-refractivity contribution is 6.09. The standard InChI is InChI=1S/C23H19N3O6/c1-3-31-18-7-4-16(5-8-18)25-23(27)15(14-24)12-19-9-11-22(32-19)20-13-17(26(28)29)6-10-21(20)30-2/h4-13H,3H2,1-2H3,(H,25,27)/b15-12-. The fourth-order valence-corrected chi connectivity index (χ4v) is 2.87. The van der Waals surface area contributed by atoms with Crippen molar-refractivity contribution in [3.63, 3.8) is 0 Å². The maximum Gasteiger partial charge on any atom is 0.270 e. The first-order chi connectivity index (χ1) is 15.4. The summed E-state index contributed by atoms with van der Waals surface area (Å²) in [6, 6.07) is 15.8. The van der Waals surface area contributed by atoms with Crippen molar-refractivity contribution in [3.05, 3.63) is 76.0 Å². The number of benzene rings is 2. The van der Waals surface area contributed by atoms with Gasteiger partial charge in [-0.25, -0.2) is 0 Å². The number of methoxy groups -OCH3 is 1. The zero-order valence-corrected chi connectivity index (χ0v) is 17.3. The molecule has 0 fully saturated rings. The van der Waals surface area contributed by atoms with Gasteiger partial charge in [0.25, 0.3) is 11.6 Å². The van der Waals surface area contributed by atoms with Crippen molar-refractivity contribution in [1.29, 1.82) is 5.26 Å². The zero-order chi connectivity index (χ0) is 23.1. The highest BCUT2D eigenvalue weighted by Crippen LogP contribution is 2.34. The van der Waals surface area contributed by atoms with Crippen LogP contribution in [0.25, 0.3) is 17.4 Å². The van der Waals surface area contributed by atoms with Gasteiger partial charge in [0, 0.05) is 23.9 Å². The Labute approximate surface area is 183 Å². The first-order valence-electron chi connectivity index (χ1n) is 9.53. The van der Waals surface area contributed by atoms with Crippen molar-refractivity contribution < 1.29 is 23.6 Å².